The smallest absolute Gasteiger partial charge is 0.344 e. The molecule has 10 nitrogen and oxygen atoms in total. The van der Waals surface area contributed by atoms with E-state index >= 15 is 0 Å². The number of benzene rings is 2. The third kappa shape index (κ3) is 2.59. The molecule has 168 valence electrons. The highest BCUT2D eigenvalue weighted by Crippen LogP contribution is 2.32. The summed E-state index contributed by atoms with van der Waals surface area (Å²) in [7, 11) is 1.63. The van der Waals surface area contributed by atoms with Crippen molar-refractivity contribution in [2.24, 2.45) is 7.05 Å². The van der Waals surface area contributed by atoms with Crippen molar-refractivity contribution in [1.82, 2.24) is 28.5 Å². The topological polar surface area (TPSA) is 122 Å². The summed E-state index contributed by atoms with van der Waals surface area (Å²) < 4.78 is 9.62. The summed E-state index contributed by atoms with van der Waals surface area (Å²) in [5.74, 6) is -0.529. The standard InChI is InChI=1S/C24H19N7O3/c1-3-34-23(32)16-18(13-9-5-4-6-10-13)27-21-17-20-26-14-11-7-8-12-15(14)30(20)24(33)29(2)22(17)28-31(21)19(16)25/h4-12H,3,25H2,1-2H3. The highest BCUT2D eigenvalue weighted by atomic mass is 16.5. The van der Waals surface area contributed by atoms with Crippen LogP contribution in [0.3, 0.4) is 0 Å². The maximum Gasteiger partial charge on any atom is 0.344 e. The Labute approximate surface area is 191 Å². The summed E-state index contributed by atoms with van der Waals surface area (Å²) >= 11 is 0. The van der Waals surface area contributed by atoms with Crippen LogP contribution in [0.1, 0.15) is 17.3 Å². The molecule has 0 fully saturated rings. The normalized spacial score (nSPS) is 11.7. The van der Waals surface area contributed by atoms with Crippen LogP contribution in [0.4, 0.5) is 5.82 Å². The van der Waals surface area contributed by atoms with Crippen LogP contribution in [0.25, 0.3) is 44.6 Å². The lowest BCUT2D eigenvalue weighted by molar-refractivity contribution is 0.0527. The number of nitrogen functional groups attached to an aromatic ring is 1. The van der Waals surface area contributed by atoms with Crippen LogP contribution in [0.5, 0.6) is 0 Å². The second-order valence-electron chi connectivity index (χ2n) is 7.84. The van der Waals surface area contributed by atoms with Gasteiger partial charge in [-0.1, -0.05) is 42.5 Å². The lowest BCUT2D eigenvalue weighted by Gasteiger charge is -2.12. The molecule has 0 aliphatic carbocycles. The molecule has 4 aromatic heterocycles. The third-order valence-electron chi connectivity index (χ3n) is 5.89. The van der Waals surface area contributed by atoms with Crippen molar-refractivity contribution in [3.05, 3.63) is 70.6 Å². The molecular weight excluding hydrogens is 434 g/mol. The number of fused-ring (bicyclic) bond motifs is 7. The van der Waals surface area contributed by atoms with Gasteiger partial charge < -0.3 is 10.5 Å². The first-order valence-corrected chi connectivity index (χ1v) is 10.7. The molecule has 0 atom stereocenters. The zero-order valence-electron chi connectivity index (χ0n) is 18.4. The number of hydrogen-bond donors (Lipinski definition) is 1. The SMILES string of the molecule is CCOC(=O)c1c(-c2ccccc2)nc2c3c(nn2c1N)n(C)c(=O)n1c2ccccc2nc31. The van der Waals surface area contributed by atoms with E-state index in [1.54, 1.807) is 18.4 Å². The van der Waals surface area contributed by atoms with Crippen LogP contribution in [-0.4, -0.2) is 41.1 Å². The molecule has 2 aromatic carbocycles. The van der Waals surface area contributed by atoms with Gasteiger partial charge in [0.2, 0.25) is 0 Å². The van der Waals surface area contributed by atoms with E-state index in [1.807, 2.05) is 54.6 Å². The fraction of sp³-hybridized carbons (Fsp3) is 0.125. The molecule has 0 radical (unpaired) electrons. The molecule has 6 aromatic rings. The highest BCUT2D eigenvalue weighted by Gasteiger charge is 2.27. The number of aryl methyl sites for hydroxylation is 1. The molecule has 6 rings (SSSR count). The van der Waals surface area contributed by atoms with E-state index in [-0.39, 0.29) is 23.7 Å². The molecule has 0 saturated heterocycles. The number of esters is 1. The highest BCUT2D eigenvalue weighted by molar-refractivity contribution is 6.07. The maximum absolute atomic E-state index is 13.2. The first-order chi connectivity index (χ1) is 16.5. The van der Waals surface area contributed by atoms with Gasteiger partial charge in [0.25, 0.3) is 0 Å². The molecule has 0 spiro atoms. The fourth-order valence-electron chi connectivity index (χ4n) is 4.33. The summed E-state index contributed by atoms with van der Waals surface area (Å²) in [4.78, 5) is 35.7. The number of hydrogen-bond acceptors (Lipinski definition) is 7. The fourth-order valence-corrected chi connectivity index (χ4v) is 4.33. The number of carbonyl (C=O) groups excluding carboxylic acids is 1. The molecule has 0 aliphatic heterocycles. The number of anilines is 1. The van der Waals surface area contributed by atoms with Crippen LogP contribution in [0.15, 0.2) is 59.4 Å². The number of rotatable bonds is 3. The van der Waals surface area contributed by atoms with Crippen LogP contribution in [0.2, 0.25) is 0 Å². The van der Waals surface area contributed by atoms with Crippen LogP contribution in [0, 0.1) is 0 Å². The molecular formula is C24H19N7O3. The molecule has 0 amide bonds. The van der Waals surface area contributed by atoms with Crippen LogP contribution in [-0.2, 0) is 11.8 Å². The van der Waals surface area contributed by atoms with E-state index in [2.05, 4.69) is 5.10 Å². The zero-order chi connectivity index (χ0) is 23.6. The van der Waals surface area contributed by atoms with Gasteiger partial charge in [0.15, 0.2) is 16.9 Å². The van der Waals surface area contributed by atoms with E-state index < -0.39 is 5.97 Å². The Hall–Kier alpha value is -4.73. The number of carbonyl (C=O) groups is 1. The monoisotopic (exact) mass is 453 g/mol. The van der Waals surface area contributed by atoms with Gasteiger partial charge in [-0.25, -0.2) is 24.0 Å². The van der Waals surface area contributed by atoms with E-state index in [4.69, 9.17) is 20.4 Å². The molecule has 0 aliphatic rings. The predicted molar refractivity (Wildman–Crippen MR) is 128 cm³/mol. The summed E-state index contributed by atoms with van der Waals surface area (Å²) in [6.07, 6.45) is 0. The van der Waals surface area contributed by atoms with E-state index in [1.165, 1.54) is 9.08 Å². The van der Waals surface area contributed by atoms with Gasteiger partial charge in [0, 0.05) is 12.6 Å². The Bertz CT molecular complexity index is 1830. The molecule has 0 saturated carbocycles. The van der Waals surface area contributed by atoms with Gasteiger partial charge in [0.1, 0.15) is 16.8 Å². The van der Waals surface area contributed by atoms with Crippen LogP contribution >= 0.6 is 0 Å². The van der Waals surface area contributed by atoms with E-state index in [9.17, 15) is 9.59 Å². The van der Waals surface area contributed by atoms with Crippen molar-refractivity contribution < 1.29 is 9.53 Å². The third-order valence-corrected chi connectivity index (χ3v) is 5.89. The molecule has 4 heterocycles. The Morgan fingerprint density at radius 2 is 1.74 bits per heavy atom. The Balaban J connectivity index is 1.84. The summed E-state index contributed by atoms with van der Waals surface area (Å²) in [6.45, 7) is 1.90. The summed E-state index contributed by atoms with van der Waals surface area (Å²) in [5.41, 5.74) is 9.90. The van der Waals surface area contributed by atoms with Gasteiger partial charge in [-0.15, -0.1) is 5.10 Å². The maximum atomic E-state index is 13.2. The minimum absolute atomic E-state index is 0.0696. The van der Waals surface area contributed by atoms with Crippen molar-refractivity contribution in [3.8, 4) is 11.3 Å². The number of ether oxygens (including phenoxy) is 1. The predicted octanol–water partition coefficient (Wildman–Crippen LogP) is 2.81. The number of nitrogens with two attached hydrogens (primary N) is 1. The van der Waals surface area contributed by atoms with E-state index in [0.29, 0.717) is 44.6 Å². The second kappa shape index (κ2) is 7.14. The lowest BCUT2D eigenvalue weighted by Crippen LogP contribution is -2.24. The first-order valence-electron chi connectivity index (χ1n) is 10.7. The van der Waals surface area contributed by atoms with Gasteiger partial charge in [-0.3, -0.25) is 4.57 Å². The van der Waals surface area contributed by atoms with Crippen molar-refractivity contribution in [2.75, 3.05) is 12.3 Å². The Morgan fingerprint density at radius 1 is 1.00 bits per heavy atom. The number of nitrogens with zero attached hydrogens (tertiary/aromatic N) is 6. The van der Waals surface area contributed by atoms with Crippen molar-refractivity contribution in [2.45, 2.75) is 6.92 Å². The van der Waals surface area contributed by atoms with Crippen molar-refractivity contribution in [1.29, 1.82) is 0 Å². The zero-order valence-corrected chi connectivity index (χ0v) is 18.4. The van der Waals surface area contributed by atoms with Gasteiger partial charge in [-0.05, 0) is 19.1 Å². The lowest BCUT2D eigenvalue weighted by atomic mass is 10.1. The quantitative estimate of drug-likeness (QED) is 0.409. The molecule has 2 N–H and O–H groups in total. The largest absolute Gasteiger partial charge is 0.462 e. The number of aromatic nitrogens is 6. The van der Waals surface area contributed by atoms with Crippen molar-refractivity contribution in [3.63, 3.8) is 0 Å². The number of para-hydroxylation sites is 2. The summed E-state index contributed by atoms with van der Waals surface area (Å²) in [6, 6.07) is 16.7. The van der Waals surface area contributed by atoms with Gasteiger partial charge in [0.05, 0.1) is 23.3 Å². The molecule has 10 heteroatoms. The molecule has 0 unspecified atom stereocenters. The number of imidazole rings is 1. The Kier molecular flexibility index (Phi) is 4.18. The van der Waals surface area contributed by atoms with Crippen LogP contribution < -0.4 is 11.4 Å². The Morgan fingerprint density at radius 3 is 2.50 bits per heavy atom. The minimum Gasteiger partial charge on any atom is -0.462 e. The van der Waals surface area contributed by atoms with E-state index in [0.717, 1.165) is 0 Å². The first kappa shape index (κ1) is 19.9. The second-order valence-corrected chi connectivity index (χ2v) is 7.84. The molecule has 0 bridgehead atoms. The van der Waals surface area contributed by atoms with Gasteiger partial charge in [-0.2, -0.15) is 4.52 Å². The average Bonchev–Trinajstić information content (AvgIpc) is 3.42. The average molecular weight is 453 g/mol. The molecule has 34 heavy (non-hydrogen) atoms. The van der Waals surface area contributed by atoms with Gasteiger partial charge >= 0.3 is 11.7 Å². The summed E-state index contributed by atoms with van der Waals surface area (Å²) in [5, 5.41) is 5.12. The van der Waals surface area contributed by atoms with Crippen molar-refractivity contribution >= 4 is 45.1 Å². The minimum atomic E-state index is -0.599.